The fraction of sp³-hybridized carbons (Fsp3) is 1.00. The normalized spacial score (nSPS) is 22.6. The highest BCUT2D eigenvalue weighted by Crippen LogP contribution is 2.13. The molecule has 2 unspecified atom stereocenters. The van der Waals surface area contributed by atoms with Gasteiger partial charge in [-0.3, -0.25) is 4.90 Å². The molecule has 1 rings (SSSR count). The Balaban J connectivity index is 2.13. The van der Waals surface area contributed by atoms with Crippen LogP contribution in [-0.4, -0.2) is 49.8 Å². The summed E-state index contributed by atoms with van der Waals surface area (Å²) in [5, 5.41) is 3.59. The summed E-state index contributed by atoms with van der Waals surface area (Å²) in [6, 6.07) is 0.608. The molecular formula is C14H30N2O. The smallest absolute Gasteiger partial charge is 0.0702 e. The van der Waals surface area contributed by atoms with Crippen LogP contribution in [0.4, 0.5) is 0 Å². The van der Waals surface area contributed by atoms with Gasteiger partial charge < -0.3 is 10.1 Å². The van der Waals surface area contributed by atoms with Crippen molar-refractivity contribution in [1.82, 2.24) is 10.2 Å². The molecule has 102 valence electrons. The maximum atomic E-state index is 5.69. The van der Waals surface area contributed by atoms with E-state index >= 15 is 0 Å². The first-order valence-electron chi connectivity index (χ1n) is 7.20. The van der Waals surface area contributed by atoms with Gasteiger partial charge in [0.1, 0.15) is 0 Å². The average Bonchev–Trinajstić information content (AvgIpc) is 2.80. The summed E-state index contributed by atoms with van der Waals surface area (Å²) in [4.78, 5) is 2.50. The van der Waals surface area contributed by atoms with Crippen LogP contribution in [0.15, 0.2) is 0 Å². The topological polar surface area (TPSA) is 24.5 Å². The van der Waals surface area contributed by atoms with E-state index in [2.05, 4.69) is 37.9 Å². The van der Waals surface area contributed by atoms with Gasteiger partial charge in [-0.2, -0.15) is 0 Å². The highest BCUT2D eigenvalue weighted by atomic mass is 16.5. The van der Waals surface area contributed by atoms with Crippen molar-refractivity contribution >= 4 is 0 Å². The summed E-state index contributed by atoms with van der Waals surface area (Å²) >= 11 is 0. The number of hydrogen-bond donors (Lipinski definition) is 1. The minimum Gasteiger partial charge on any atom is -0.377 e. The van der Waals surface area contributed by atoms with Gasteiger partial charge in [0, 0.05) is 32.3 Å². The zero-order valence-electron chi connectivity index (χ0n) is 12.0. The molecule has 0 radical (unpaired) electrons. The number of ether oxygens (including phenoxy) is 1. The van der Waals surface area contributed by atoms with Crippen LogP contribution in [0.1, 0.15) is 40.5 Å². The van der Waals surface area contributed by atoms with Gasteiger partial charge >= 0.3 is 0 Å². The molecule has 2 atom stereocenters. The van der Waals surface area contributed by atoms with E-state index in [9.17, 15) is 0 Å². The third kappa shape index (κ3) is 5.84. The number of nitrogens with one attached hydrogen (secondary N) is 1. The minimum atomic E-state index is 0.484. The summed E-state index contributed by atoms with van der Waals surface area (Å²) < 4.78 is 5.69. The molecule has 0 amide bonds. The molecule has 1 saturated heterocycles. The Morgan fingerprint density at radius 2 is 2.12 bits per heavy atom. The Morgan fingerprint density at radius 1 is 1.35 bits per heavy atom. The fourth-order valence-corrected chi connectivity index (χ4v) is 2.14. The van der Waals surface area contributed by atoms with Crippen molar-refractivity contribution < 1.29 is 4.74 Å². The molecule has 0 saturated carbocycles. The Labute approximate surface area is 107 Å². The Kier molecular flexibility index (Phi) is 7.09. The first kappa shape index (κ1) is 14.9. The number of rotatable bonds is 8. The minimum absolute atomic E-state index is 0.484. The lowest BCUT2D eigenvalue weighted by Gasteiger charge is -2.25. The molecule has 3 nitrogen and oxygen atoms in total. The van der Waals surface area contributed by atoms with Gasteiger partial charge in [-0.1, -0.05) is 20.8 Å². The van der Waals surface area contributed by atoms with Crippen LogP contribution in [0.25, 0.3) is 0 Å². The monoisotopic (exact) mass is 242 g/mol. The Hall–Kier alpha value is -0.120. The largest absolute Gasteiger partial charge is 0.377 e. The van der Waals surface area contributed by atoms with Crippen LogP contribution in [0.2, 0.25) is 0 Å². The van der Waals surface area contributed by atoms with Crippen LogP contribution in [0, 0.1) is 5.92 Å². The van der Waals surface area contributed by atoms with Crippen molar-refractivity contribution in [2.75, 3.05) is 32.8 Å². The van der Waals surface area contributed by atoms with Crippen LogP contribution in [0.5, 0.6) is 0 Å². The molecule has 1 N–H and O–H groups in total. The Morgan fingerprint density at radius 3 is 2.65 bits per heavy atom. The lowest BCUT2D eigenvalue weighted by atomic mass is 10.1. The highest BCUT2D eigenvalue weighted by molar-refractivity contribution is 4.71. The van der Waals surface area contributed by atoms with E-state index in [0.29, 0.717) is 18.1 Å². The van der Waals surface area contributed by atoms with Crippen molar-refractivity contribution in [1.29, 1.82) is 0 Å². The SMILES string of the molecule is CCN(CCNC(C)C(C)C)CC1CCCO1. The van der Waals surface area contributed by atoms with Gasteiger partial charge in [-0.15, -0.1) is 0 Å². The van der Waals surface area contributed by atoms with Gasteiger partial charge in [-0.25, -0.2) is 0 Å². The van der Waals surface area contributed by atoms with Crippen LogP contribution >= 0.6 is 0 Å². The van der Waals surface area contributed by atoms with Crippen LogP contribution in [-0.2, 0) is 4.74 Å². The lowest BCUT2D eigenvalue weighted by molar-refractivity contribution is 0.0748. The second kappa shape index (κ2) is 8.06. The standard InChI is InChI=1S/C14H30N2O/c1-5-16(11-14-7-6-10-17-14)9-8-15-13(4)12(2)3/h12-15H,5-11H2,1-4H3. The van der Waals surface area contributed by atoms with E-state index < -0.39 is 0 Å². The van der Waals surface area contributed by atoms with Gasteiger partial charge in [0.15, 0.2) is 0 Å². The predicted molar refractivity (Wildman–Crippen MR) is 73.4 cm³/mol. The summed E-state index contributed by atoms with van der Waals surface area (Å²) in [5.41, 5.74) is 0. The molecular weight excluding hydrogens is 212 g/mol. The molecule has 17 heavy (non-hydrogen) atoms. The first-order chi connectivity index (χ1) is 8.13. The van der Waals surface area contributed by atoms with Crippen LogP contribution in [0.3, 0.4) is 0 Å². The fourth-order valence-electron chi connectivity index (χ4n) is 2.14. The number of hydrogen-bond acceptors (Lipinski definition) is 3. The molecule has 0 aromatic rings. The van der Waals surface area contributed by atoms with Gasteiger partial charge in [0.2, 0.25) is 0 Å². The zero-order valence-corrected chi connectivity index (χ0v) is 12.0. The molecule has 1 aliphatic rings. The van der Waals surface area contributed by atoms with E-state index in [0.717, 1.165) is 32.8 Å². The molecule has 0 bridgehead atoms. The van der Waals surface area contributed by atoms with E-state index in [1.807, 2.05) is 0 Å². The first-order valence-corrected chi connectivity index (χ1v) is 7.20. The van der Waals surface area contributed by atoms with Crippen molar-refractivity contribution in [2.45, 2.75) is 52.7 Å². The molecule has 0 aromatic heterocycles. The van der Waals surface area contributed by atoms with Crippen molar-refractivity contribution in [3.63, 3.8) is 0 Å². The number of nitrogens with zero attached hydrogens (tertiary/aromatic N) is 1. The van der Waals surface area contributed by atoms with Crippen molar-refractivity contribution in [3.8, 4) is 0 Å². The van der Waals surface area contributed by atoms with E-state index in [1.54, 1.807) is 0 Å². The third-order valence-electron chi connectivity index (χ3n) is 3.83. The summed E-state index contributed by atoms with van der Waals surface area (Å²) in [6.45, 7) is 14.4. The third-order valence-corrected chi connectivity index (χ3v) is 3.83. The quantitative estimate of drug-likeness (QED) is 0.705. The summed E-state index contributed by atoms with van der Waals surface area (Å²) in [5.74, 6) is 0.711. The lowest BCUT2D eigenvalue weighted by Crippen LogP contribution is -2.40. The highest BCUT2D eigenvalue weighted by Gasteiger charge is 2.18. The van der Waals surface area contributed by atoms with E-state index in [4.69, 9.17) is 4.74 Å². The molecule has 1 fully saturated rings. The van der Waals surface area contributed by atoms with Crippen molar-refractivity contribution in [2.24, 2.45) is 5.92 Å². The molecule has 3 heteroatoms. The maximum Gasteiger partial charge on any atom is 0.0702 e. The molecule has 0 aromatic carbocycles. The maximum absolute atomic E-state index is 5.69. The molecule has 1 aliphatic heterocycles. The van der Waals surface area contributed by atoms with Gasteiger partial charge in [-0.05, 0) is 32.2 Å². The second-order valence-corrected chi connectivity index (χ2v) is 5.52. The number of likely N-dealkylation sites (N-methyl/N-ethyl adjacent to an activating group) is 1. The van der Waals surface area contributed by atoms with Crippen molar-refractivity contribution in [3.05, 3.63) is 0 Å². The molecule has 0 aliphatic carbocycles. The molecule has 0 spiro atoms. The summed E-state index contributed by atoms with van der Waals surface area (Å²) in [7, 11) is 0. The van der Waals surface area contributed by atoms with E-state index in [1.165, 1.54) is 12.8 Å². The Bertz CT molecular complexity index is 191. The van der Waals surface area contributed by atoms with Crippen LogP contribution < -0.4 is 5.32 Å². The van der Waals surface area contributed by atoms with Gasteiger partial charge in [0.05, 0.1) is 6.10 Å². The average molecular weight is 242 g/mol. The van der Waals surface area contributed by atoms with E-state index in [-0.39, 0.29) is 0 Å². The molecule has 1 heterocycles. The second-order valence-electron chi connectivity index (χ2n) is 5.52. The summed E-state index contributed by atoms with van der Waals surface area (Å²) in [6.07, 6.45) is 2.97. The zero-order chi connectivity index (χ0) is 12.7. The predicted octanol–water partition coefficient (Wildman–Crippen LogP) is 2.12. The van der Waals surface area contributed by atoms with Gasteiger partial charge in [0.25, 0.3) is 0 Å².